The number of pyridine rings is 1. The summed E-state index contributed by atoms with van der Waals surface area (Å²) in [4.78, 5) is 19.8. The third kappa shape index (κ3) is 2.31. The Kier molecular flexibility index (Phi) is 3.52. The predicted octanol–water partition coefficient (Wildman–Crippen LogP) is 1.31. The van der Waals surface area contributed by atoms with Crippen molar-refractivity contribution in [1.29, 1.82) is 0 Å². The highest BCUT2D eigenvalue weighted by atomic mass is 16.4. The Bertz CT molecular complexity index is 438. The van der Waals surface area contributed by atoms with E-state index in [2.05, 4.69) is 35.7 Å². The van der Waals surface area contributed by atoms with Crippen LogP contribution in [0, 0.1) is 0 Å². The number of piperazine rings is 1. The molecule has 0 amide bonds. The minimum atomic E-state index is -0.919. The maximum atomic E-state index is 11.2. The third-order valence-corrected chi connectivity index (χ3v) is 3.68. The van der Waals surface area contributed by atoms with Crippen LogP contribution >= 0.6 is 0 Å². The van der Waals surface area contributed by atoms with E-state index in [0.717, 1.165) is 13.1 Å². The van der Waals surface area contributed by atoms with Gasteiger partial charge in [-0.1, -0.05) is 0 Å². The third-order valence-electron chi connectivity index (χ3n) is 3.68. The van der Waals surface area contributed by atoms with Gasteiger partial charge in [0.25, 0.3) is 0 Å². The van der Waals surface area contributed by atoms with Gasteiger partial charge < -0.3 is 10.0 Å². The number of hydrogen-bond acceptors (Lipinski definition) is 4. The average Bonchev–Trinajstić information content (AvgIpc) is 2.35. The maximum Gasteiger partial charge on any atom is 0.339 e. The van der Waals surface area contributed by atoms with Crippen molar-refractivity contribution in [3.63, 3.8) is 0 Å². The van der Waals surface area contributed by atoms with Gasteiger partial charge in [-0.25, -0.2) is 9.78 Å². The highest BCUT2D eigenvalue weighted by Crippen LogP contribution is 2.22. The zero-order chi connectivity index (χ0) is 13.3. The fraction of sp³-hybridized carbons (Fsp3) is 0.538. The first-order valence-electron chi connectivity index (χ1n) is 6.16. The fourth-order valence-electron chi connectivity index (χ4n) is 2.39. The molecule has 5 heteroatoms. The monoisotopic (exact) mass is 249 g/mol. The molecule has 0 spiro atoms. The van der Waals surface area contributed by atoms with Gasteiger partial charge in [0.2, 0.25) is 0 Å². The van der Waals surface area contributed by atoms with E-state index in [-0.39, 0.29) is 5.56 Å². The van der Waals surface area contributed by atoms with Gasteiger partial charge in [0, 0.05) is 31.4 Å². The quantitative estimate of drug-likeness (QED) is 0.856. The molecular weight excluding hydrogens is 230 g/mol. The Morgan fingerprint density at radius 1 is 1.39 bits per heavy atom. The van der Waals surface area contributed by atoms with E-state index < -0.39 is 5.97 Å². The van der Waals surface area contributed by atoms with E-state index in [1.807, 2.05) is 0 Å². The summed E-state index contributed by atoms with van der Waals surface area (Å²) in [6, 6.07) is 4.04. The van der Waals surface area contributed by atoms with Gasteiger partial charge in [-0.15, -0.1) is 0 Å². The Hall–Kier alpha value is -1.62. The summed E-state index contributed by atoms with van der Waals surface area (Å²) < 4.78 is 0. The lowest BCUT2D eigenvalue weighted by Crippen LogP contribution is -2.55. The van der Waals surface area contributed by atoms with Crippen molar-refractivity contribution >= 4 is 11.8 Å². The molecule has 18 heavy (non-hydrogen) atoms. The smallest absolute Gasteiger partial charge is 0.339 e. The molecule has 0 bridgehead atoms. The van der Waals surface area contributed by atoms with Gasteiger partial charge in [-0.05, 0) is 33.0 Å². The molecular formula is C13H19N3O2. The van der Waals surface area contributed by atoms with Crippen LogP contribution in [0.25, 0.3) is 0 Å². The second kappa shape index (κ2) is 4.94. The van der Waals surface area contributed by atoms with E-state index in [4.69, 9.17) is 0 Å². The molecule has 1 aromatic rings. The molecule has 5 nitrogen and oxygen atoms in total. The second-order valence-electron chi connectivity index (χ2n) is 4.95. The van der Waals surface area contributed by atoms with Crippen molar-refractivity contribution in [3.05, 3.63) is 23.9 Å². The Morgan fingerprint density at radius 3 is 2.56 bits per heavy atom. The molecule has 2 unspecified atom stereocenters. The number of carboxylic acid groups (broad SMARTS) is 1. The molecule has 1 N–H and O–H groups in total. The minimum Gasteiger partial charge on any atom is -0.478 e. The number of aromatic carboxylic acids is 1. The van der Waals surface area contributed by atoms with Crippen molar-refractivity contribution in [3.8, 4) is 0 Å². The topological polar surface area (TPSA) is 56.7 Å². The van der Waals surface area contributed by atoms with Crippen molar-refractivity contribution in [2.75, 3.05) is 25.0 Å². The molecule has 0 aliphatic carbocycles. The molecule has 1 aliphatic heterocycles. The van der Waals surface area contributed by atoms with Gasteiger partial charge in [-0.3, -0.25) is 4.90 Å². The van der Waals surface area contributed by atoms with Crippen LogP contribution < -0.4 is 4.90 Å². The Labute approximate surface area is 107 Å². The van der Waals surface area contributed by atoms with Crippen molar-refractivity contribution < 1.29 is 9.90 Å². The molecule has 0 saturated carbocycles. The van der Waals surface area contributed by atoms with E-state index in [1.165, 1.54) is 0 Å². The molecule has 98 valence electrons. The van der Waals surface area contributed by atoms with Crippen LogP contribution in [-0.2, 0) is 0 Å². The van der Waals surface area contributed by atoms with Crippen LogP contribution in [0.4, 0.5) is 5.82 Å². The van der Waals surface area contributed by atoms with E-state index >= 15 is 0 Å². The first-order valence-corrected chi connectivity index (χ1v) is 6.16. The first-order chi connectivity index (χ1) is 8.50. The van der Waals surface area contributed by atoms with Gasteiger partial charge in [-0.2, -0.15) is 0 Å². The number of carbonyl (C=O) groups is 1. The predicted molar refractivity (Wildman–Crippen MR) is 70.1 cm³/mol. The summed E-state index contributed by atoms with van der Waals surface area (Å²) in [5.41, 5.74) is 0.279. The summed E-state index contributed by atoms with van der Waals surface area (Å²) in [7, 11) is 2.10. The minimum absolute atomic E-state index is 0.279. The summed E-state index contributed by atoms with van der Waals surface area (Å²) in [6.45, 7) is 5.90. The Balaban J connectivity index is 2.30. The molecule has 2 heterocycles. The van der Waals surface area contributed by atoms with Crippen LogP contribution in [0.5, 0.6) is 0 Å². The molecule has 0 radical (unpaired) electrons. The highest BCUT2D eigenvalue weighted by molar-refractivity contribution is 5.93. The summed E-state index contributed by atoms with van der Waals surface area (Å²) in [5, 5.41) is 9.20. The van der Waals surface area contributed by atoms with Crippen LogP contribution in [0.2, 0.25) is 0 Å². The fourth-order valence-corrected chi connectivity index (χ4v) is 2.39. The average molecular weight is 249 g/mol. The number of carboxylic acids is 1. The van der Waals surface area contributed by atoms with Crippen molar-refractivity contribution in [2.45, 2.75) is 25.9 Å². The first kappa shape index (κ1) is 12.8. The summed E-state index contributed by atoms with van der Waals surface area (Å²) >= 11 is 0. The largest absolute Gasteiger partial charge is 0.478 e. The van der Waals surface area contributed by atoms with E-state index in [1.54, 1.807) is 18.3 Å². The molecule has 2 rings (SSSR count). The lowest BCUT2D eigenvalue weighted by molar-refractivity contribution is 0.0696. The highest BCUT2D eigenvalue weighted by Gasteiger charge is 2.29. The standard InChI is InChI=1S/C13H19N3O2/c1-9-7-16(8-10(2)15(9)3)12-11(13(17)18)5-4-6-14-12/h4-6,9-10H,7-8H2,1-3H3,(H,17,18). The number of hydrogen-bond donors (Lipinski definition) is 1. The number of aromatic nitrogens is 1. The molecule has 1 aliphatic rings. The second-order valence-corrected chi connectivity index (χ2v) is 4.95. The Morgan fingerprint density at radius 2 is 2.00 bits per heavy atom. The molecule has 2 atom stereocenters. The van der Waals surface area contributed by atoms with Gasteiger partial charge >= 0.3 is 5.97 Å². The SMILES string of the molecule is CC1CN(c2ncccc2C(=O)O)CC(C)N1C. The van der Waals surface area contributed by atoms with Crippen LogP contribution in [0.1, 0.15) is 24.2 Å². The van der Waals surface area contributed by atoms with E-state index in [0.29, 0.717) is 17.9 Å². The lowest BCUT2D eigenvalue weighted by Gasteiger charge is -2.43. The van der Waals surface area contributed by atoms with Crippen LogP contribution in [0.3, 0.4) is 0 Å². The number of likely N-dealkylation sites (N-methyl/N-ethyl adjacent to an activating group) is 1. The molecule has 1 aromatic heterocycles. The number of nitrogens with zero attached hydrogens (tertiary/aromatic N) is 3. The van der Waals surface area contributed by atoms with E-state index in [9.17, 15) is 9.90 Å². The number of anilines is 1. The number of rotatable bonds is 2. The van der Waals surface area contributed by atoms with Gasteiger partial charge in [0.1, 0.15) is 11.4 Å². The zero-order valence-electron chi connectivity index (χ0n) is 11.0. The zero-order valence-corrected chi connectivity index (χ0v) is 11.0. The van der Waals surface area contributed by atoms with Crippen molar-refractivity contribution in [1.82, 2.24) is 9.88 Å². The molecule has 1 saturated heterocycles. The summed E-state index contributed by atoms with van der Waals surface area (Å²) in [5.74, 6) is -0.339. The van der Waals surface area contributed by atoms with Gasteiger partial charge in [0.15, 0.2) is 0 Å². The normalized spacial score (nSPS) is 25.2. The molecule has 0 aromatic carbocycles. The van der Waals surface area contributed by atoms with Gasteiger partial charge in [0.05, 0.1) is 0 Å². The summed E-state index contributed by atoms with van der Waals surface area (Å²) in [6.07, 6.45) is 1.65. The van der Waals surface area contributed by atoms with Crippen molar-refractivity contribution in [2.24, 2.45) is 0 Å². The van der Waals surface area contributed by atoms with Crippen LogP contribution in [0.15, 0.2) is 18.3 Å². The van der Waals surface area contributed by atoms with Crippen LogP contribution in [-0.4, -0.2) is 53.2 Å². The molecule has 1 fully saturated rings. The maximum absolute atomic E-state index is 11.2. The lowest BCUT2D eigenvalue weighted by atomic mass is 10.1.